The molecule has 0 aliphatic rings. The third-order valence-electron chi connectivity index (χ3n) is 3.60. The zero-order chi connectivity index (χ0) is 13.8. The molecule has 0 amide bonds. The number of aryl methyl sites for hydroxylation is 1. The number of nitrogens with zero attached hydrogens (tertiary/aromatic N) is 2. The van der Waals surface area contributed by atoms with Crippen molar-refractivity contribution >= 4 is 10.9 Å². The Kier molecular flexibility index (Phi) is 4.59. The first-order chi connectivity index (χ1) is 9.13. The number of aromatic nitrogens is 2. The van der Waals surface area contributed by atoms with Crippen molar-refractivity contribution in [2.45, 2.75) is 39.7 Å². The first-order valence-electron chi connectivity index (χ1n) is 7.28. The molecule has 19 heavy (non-hydrogen) atoms. The molecule has 0 aliphatic heterocycles. The molecule has 2 aromatic rings. The Balaban J connectivity index is 2.33. The van der Waals surface area contributed by atoms with Crippen LogP contribution in [0.2, 0.25) is 0 Å². The minimum atomic E-state index is 0.360. The summed E-state index contributed by atoms with van der Waals surface area (Å²) in [5.41, 5.74) is 2.41. The van der Waals surface area contributed by atoms with Gasteiger partial charge in [0.25, 0.3) is 0 Å². The molecule has 1 aromatic carbocycles. The highest BCUT2D eigenvalue weighted by molar-refractivity contribution is 5.82. The van der Waals surface area contributed by atoms with Crippen LogP contribution in [0.25, 0.3) is 10.9 Å². The van der Waals surface area contributed by atoms with E-state index in [9.17, 15) is 0 Å². The highest BCUT2D eigenvalue weighted by Gasteiger charge is 2.18. The second-order valence-corrected chi connectivity index (χ2v) is 5.61. The van der Waals surface area contributed by atoms with Gasteiger partial charge in [0, 0.05) is 12.4 Å². The maximum atomic E-state index is 4.74. The van der Waals surface area contributed by atoms with Crippen LogP contribution in [0, 0.1) is 5.92 Å². The summed E-state index contributed by atoms with van der Waals surface area (Å²) in [6.45, 7) is 7.69. The van der Waals surface area contributed by atoms with Gasteiger partial charge >= 0.3 is 0 Å². The number of rotatable bonds is 6. The number of hydrogen-bond acceptors (Lipinski definition) is 2. The summed E-state index contributed by atoms with van der Waals surface area (Å²) in [6.07, 6.45) is 2.37. The van der Waals surface area contributed by atoms with Crippen LogP contribution < -0.4 is 5.32 Å². The van der Waals surface area contributed by atoms with Crippen molar-refractivity contribution in [1.29, 1.82) is 0 Å². The lowest BCUT2D eigenvalue weighted by atomic mass is 9.99. The fourth-order valence-corrected chi connectivity index (χ4v) is 2.58. The lowest BCUT2D eigenvalue weighted by Gasteiger charge is -2.17. The SMILES string of the molecule is CCNC(CCC(C)C)c1nn(C)c2ccccc12. The zero-order valence-electron chi connectivity index (χ0n) is 12.5. The highest BCUT2D eigenvalue weighted by atomic mass is 15.3. The smallest absolute Gasteiger partial charge is 0.0872 e. The summed E-state index contributed by atoms with van der Waals surface area (Å²) in [5, 5.41) is 9.60. The molecule has 0 radical (unpaired) electrons. The van der Waals surface area contributed by atoms with E-state index in [4.69, 9.17) is 5.10 Å². The van der Waals surface area contributed by atoms with Gasteiger partial charge in [-0.2, -0.15) is 5.10 Å². The highest BCUT2D eigenvalue weighted by Crippen LogP contribution is 2.27. The number of para-hydroxylation sites is 1. The molecular weight excluding hydrogens is 234 g/mol. The van der Waals surface area contributed by atoms with Gasteiger partial charge in [0.2, 0.25) is 0 Å². The molecule has 1 aromatic heterocycles. The van der Waals surface area contributed by atoms with Crippen molar-refractivity contribution in [3.63, 3.8) is 0 Å². The van der Waals surface area contributed by atoms with E-state index < -0.39 is 0 Å². The fourth-order valence-electron chi connectivity index (χ4n) is 2.58. The molecule has 0 bridgehead atoms. The van der Waals surface area contributed by atoms with Crippen LogP contribution in [0.1, 0.15) is 45.3 Å². The second kappa shape index (κ2) is 6.20. The number of hydrogen-bond donors (Lipinski definition) is 1. The molecule has 0 saturated carbocycles. The van der Waals surface area contributed by atoms with E-state index in [-0.39, 0.29) is 0 Å². The van der Waals surface area contributed by atoms with Gasteiger partial charge in [0.05, 0.1) is 17.3 Å². The topological polar surface area (TPSA) is 29.9 Å². The van der Waals surface area contributed by atoms with E-state index in [1.807, 2.05) is 11.7 Å². The van der Waals surface area contributed by atoms with Crippen molar-refractivity contribution in [1.82, 2.24) is 15.1 Å². The van der Waals surface area contributed by atoms with E-state index in [1.54, 1.807) is 0 Å². The van der Waals surface area contributed by atoms with Crippen LogP contribution >= 0.6 is 0 Å². The van der Waals surface area contributed by atoms with E-state index in [0.29, 0.717) is 6.04 Å². The van der Waals surface area contributed by atoms with Gasteiger partial charge in [-0.25, -0.2) is 0 Å². The first kappa shape index (κ1) is 14.1. The van der Waals surface area contributed by atoms with E-state index >= 15 is 0 Å². The normalized spacial score (nSPS) is 13.3. The van der Waals surface area contributed by atoms with E-state index in [0.717, 1.165) is 18.9 Å². The third-order valence-corrected chi connectivity index (χ3v) is 3.60. The van der Waals surface area contributed by atoms with Crippen LogP contribution in [0.5, 0.6) is 0 Å². The molecular formula is C16H25N3. The maximum Gasteiger partial charge on any atom is 0.0872 e. The molecule has 0 spiro atoms. The van der Waals surface area contributed by atoms with Crippen LogP contribution in [-0.2, 0) is 7.05 Å². The largest absolute Gasteiger partial charge is 0.309 e. The zero-order valence-corrected chi connectivity index (χ0v) is 12.5. The second-order valence-electron chi connectivity index (χ2n) is 5.61. The number of benzene rings is 1. The first-order valence-corrected chi connectivity index (χ1v) is 7.28. The predicted molar refractivity (Wildman–Crippen MR) is 81.2 cm³/mol. The third kappa shape index (κ3) is 3.16. The van der Waals surface area contributed by atoms with Crippen molar-refractivity contribution in [3.05, 3.63) is 30.0 Å². The Morgan fingerprint density at radius 2 is 1.95 bits per heavy atom. The Morgan fingerprint density at radius 1 is 1.21 bits per heavy atom. The molecule has 2 rings (SSSR count). The summed E-state index contributed by atoms with van der Waals surface area (Å²) in [5.74, 6) is 0.733. The van der Waals surface area contributed by atoms with Crippen LogP contribution in [0.4, 0.5) is 0 Å². The van der Waals surface area contributed by atoms with Gasteiger partial charge < -0.3 is 5.32 Å². The molecule has 1 N–H and O–H groups in total. The Morgan fingerprint density at radius 3 is 2.63 bits per heavy atom. The average molecular weight is 259 g/mol. The van der Waals surface area contributed by atoms with Gasteiger partial charge in [0.1, 0.15) is 0 Å². The maximum absolute atomic E-state index is 4.74. The van der Waals surface area contributed by atoms with Crippen molar-refractivity contribution in [2.24, 2.45) is 13.0 Å². The van der Waals surface area contributed by atoms with Gasteiger partial charge in [-0.15, -0.1) is 0 Å². The van der Waals surface area contributed by atoms with Crippen molar-refractivity contribution in [3.8, 4) is 0 Å². The molecule has 104 valence electrons. The minimum Gasteiger partial charge on any atom is -0.309 e. The molecule has 3 nitrogen and oxygen atoms in total. The van der Waals surface area contributed by atoms with Crippen LogP contribution in [0.15, 0.2) is 24.3 Å². The summed E-state index contributed by atoms with van der Waals surface area (Å²) in [6, 6.07) is 8.84. The monoisotopic (exact) mass is 259 g/mol. The van der Waals surface area contributed by atoms with Crippen LogP contribution in [0.3, 0.4) is 0 Å². The van der Waals surface area contributed by atoms with Crippen molar-refractivity contribution < 1.29 is 0 Å². The average Bonchev–Trinajstić information content (AvgIpc) is 2.72. The lowest BCUT2D eigenvalue weighted by Crippen LogP contribution is -2.22. The lowest BCUT2D eigenvalue weighted by molar-refractivity contribution is 0.440. The van der Waals surface area contributed by atoms with E-state index in [1.165, 1.54) is 23.0 Å². The summed E-state index contributed by atoms with van der Waals surface area (Å²) in [4.78, 5) is 0. The van der Waals surface area contributed by atoms with Gasteiger partial charge in [-0.05, 0) is 31.4 Å². The molecule has 1 heterocycles. The summed E-state index contributed by atoms with van der Waals surface area (Å²) < 4.78 is 1.99. The minimum absolute atomic E-state index is 0.360. The fraction of sp³-hybridized carbons (Fsp3) is 0.562. The van der Waals surface area contributed by atoms with Gasteiger partial charge in [-0.3, -0.25) is 4.68 Å². The Labute approximate surface area is 116 Å². The molecule has 0 saturated heterocycles. The van der Waals surface area contributed by atoms with Gasteiger partial charge in [-0.1, -0.05) is 39.0 Å². The summed E-state index contributed by atoms with van der Waals surface area (Å²) in [7, 11) is 2.03. The van der Waals surface area contributed by atoms with Crippen molar-refractivity contribution in [2.75, 3.05) is 6.54 Å². The van der Waals surface area contributed by atoms with Crippen LogP contribution in [-0.4, -0.2) is 16.3 Å². The molecule has 3 heteroatoms. The van der Waals surface area contributed by atoms with Gasteiger partial charge in [0.15, 0.2) is 0 Å². The quantitative estimate of drug-likeness (QED) is 0.858. The number of nitrogens with one attached hydrogen (secondary N) is 1. The molecule has 0 aliphatic carbocycles. The Hall–Kier alpha value is -1.35. The summed E-state index contributed by atoms with van der Waals surface area (Å²) >= 11 is 0. The molecule has 1 unspecified atom stereocenters. The standard InChI is InChI=1S/C16H25N3/c1-5-17-14(11-10-12(2)3)16-13-8-6-7-9-15(13)19(4)18-16/h6-9,12,14,17H,5,10-11H2,1-4H3. The van der Waals surface area contributed by atoms with E-state index in [2.05, 4.69) is 50.4 Å². The predicted octanol–water partition coefficient (Wildman–Crippen LogP) is 3.66. The Bertz CT molecular complexity index is 528. The molecule has 1 atom stereocenters. The molecule has 0 fully saturated rings. The number of fused-ring (bicyclic) bond motifs is 1.